The summed E-state index contributed by atoms with van der Waals surface area (Å²) in [7, 11) is -1.47. The van der Waals surface area contributed by atoms with Gasteiger partial charge in [0.05, 0.1) is 5.25 Å². The van der Waals surface area contributed by atoms with Crippen molar-refractivity contribution < 1.29 is 8.42 Å². The first-order chi connectivity index (χ1) is 6.44. The molecule has 0 aromatic heterocycles. The lowest BCUT2D eigenvalue weighted by Crippen LogP contribution is -2.37. The minimum Gasteiger partial charge on any atom is -0.212 e. The van der Waals surface area contributed by atoms with Crippen LogP contribution in [-0.2, 0) is 10.0 Å². The average molecular weight is 240 g/mol. The van der Waals surface area contributed by atoms with E-state index < -0.39 is 10.0 Å². The van der Waals surface area contributed by atoms with Crippen molar-refractivity contribution in [3.05, 3.63) is 0 Å². The van der Waals surface area contributed by atoms with Gasteiger partial charge in [-0.05, 0) is 19.8 Å². The van der Waals surface area contributed by atoms with Crippen molar-refractivity contribution in [2.75, 3.05) is 13.6 Å². The predicted molar refractivity (Wildman–Crippen MR) is 59.1 cm³/mol. The molecule has 0 amide bonds. The maximum absolute atomic E-state index is 11.9. The Kier molecular flexibility index (Phi) is 4.22. The molecule has 0 saturated heterocycles. The van der Waals surface area contributed by atoms with Gasteiger partial charge in [0.15, 0.2) is 0 Å². The number of hydrogen-bond donors (Lipinski definition) is 0. The van der Waals surface area contributed by atoms with E-state index in [1.165, 1.54) is 4.31 Å². The van der Waals surface area contributed by atoms with Crippen LogP contribution < -0.4 is 0 Å². The Morgan fingerprint density at radius 1 is 1.43 bits per heavy atom. The average Bonchev–Trinajstić information content (AvgIpc) is 2.54. The number of hydrogen-bond acceptors (Lipinski definition) is 2. The molecule has 5 heteroatoms. The molecule has 0 N–H and O–H groups in total. The summed E-state index contributed by atoms with van der Waals surface area (Å²) in [5.74, 6) is 0. The van der Waals surface area contributed by atoms with E-state index >= 15 is 0 Å². The fraction of sp³-hybridized carbons (Fsp3) is 1.00. The van der Waals surface area contributed by atoms with E-state index in [2.05, 4.69) is 0 Å². The van der Waals surface area contributed by atoms with E-state index in [9.17, 15) is 8.42 Å². The SMILES string of the molecule is CC(Cl)CN(C)S(=O)(=O)C1CCCC1. The third-order valence-electron chi connectivity index (χ3n) is 2.67. The molecule has 1 atom stereocenters. The summed E-state index contributed by atoms with van der Waals surface area (Å²) in [5, 5.41) is -0.293. The molecule has 0 bridgehead atoms. The summed E-state index contributed by atoms with van der Waals surface area (Å²) in [6.45, 7) is 2.21. The summed E-state index contributed by atoms with van der Waals surface area (Å²) in [4.78, 5) is 0. The lowest BCUT2D eigenvalue weighted by atomic mass is 10.4. The van der Waals surface area contributed by atoms with E-state index in [0.29, 0.717) is 6.54 Å². The smallest absolute Gasteiger partial charge is 0.212 e. The molecule has 1 rings (SSSR count). The minimum atomic E-state index is -3.08. The van der Waals surface area contributed by atoms with Crippen LogP contribution in [0.2, 0.25) is 0 Å². The molecule has 84 valence electrons. The Morgan fingerprint density at radius 2 is 1.93 bits per heavy atom. The third kappa shape index (κ3) is 2.84. The monoisotopic (exact) mass is 239 g/mol. The Bertz CT molecular complexity index is 271. The van der Waals surface area contributed by atoms with Gasteiger partial charge in [0, 0.05) is 19.0 Å². The summed E-state index contributed by atoms with van der Waals surface area (Å²) in [5.41, 5.74) is 0. The molecule has 14 heavy (non-hydrogen) atoms. The zero-order valence-corrected chi connectivity index (χ0v) is 10.3. The molecule has 0 aromatic rings. The molecule has 1 unspecified atom stereocenters. The zero-order chi connectivity index (χ0) is 10.8. The number of halogens is 1. The van der Waals surface area contributed by atoms with Crippen LogP contribution in [0, 0.1) is 0 Å². The maximum atomic E-state index is 11.9. The molecule has 0 spiro atoms. The molecule has 1 aliphatic rings. The zero-order valence-electron chi connectivity index (χ0n) is 8.74. The number of rotatable bonds is 4. The number of sulfonamides is 1. The second kappa shape index (κ2) is 4.81. The molecule has 3 nitrogen and oxygen atoms in total. The first kappa shape index (κ1) is 12.3. The summed E-state index contributed by atoms with van der Waals surface area (Å²) in [6, 6.07) is 0. The van der Waals surface area contributed by atoms with Gasteiger partial charge in [-0.15, -0.1) is 11.6 Å². The van der Waals surface area contributed by atoms with Gasteiger partial charge in [0.1, 0.15) is 0 Å². The molecule has 0 radical (unpaired) electrons. The summed E-state index contributed by atoms with van der Waals surface area (Å²) >= 11 is 5.78. The van der Waals surface area contributed by atoms with Crippen molar-refractivity contribution >= 4 is 21.6 Å². The fourth-order valence-corrected chi connectivity index (χ4v) is 4.06. The van der Waals surface area contributed by atoms with Crippen LogP contribution in [0.15, 0.2) is 0 Å². The highest BCUT2D eigenvalue weighted by Crippen LogP contribution is 2.26. The summed E-state index contributed by atoms with van der Waals surface area (Å²) < 4.78 is 25.3. The molecule has 0 aliphatic heterocycles. The van der Waals surface area contributed by atoms with Gasteiger partial charge >= 0.3 is 0 Å². The highest BCUT2D eigenvalue weighted by Gasteiger charge is 2.32. The Balaban J connectivity index is 2.63. The largest absolute Gasteiger partial charge is 0.216 e. The minimum absolute atomic E-state index is 0.129. The topological polar surface area (TPSA) is 37.4 Å². The summed E-state index contributed by atoms with van der Waals surface area (Å²) in [6.07, 6.45) is 3.69. The molecular weight excluding hydrogens is 222 g/mol. The number of alkyl halides is 1. The normalized spacial score (nSPS) is 21.7. The van der Waals surface area contributed by atoms with Gasteiger partial charge in [-0.1, -0.05) is 12.8 Å². The predicted octanol–water partition coefficient (Wildman–Crippen LogP) is 1.82. The van der Waals surface area contributed by atoms with E-state index in [-0.39, 0.29) is 10.6 Å². The highest BCUT2D eigenvalue weighted by atomic mass is 35.5. The number of nitrogens with zero attached hydrogens (tertiary/aromatic N) is 1. The first-order valence-corrected chi connectivity index (χ1v) is 6.98. The van der Waals surface area contributed by atoms with Gasteiger partial charge < -0.3 is 0 Å². The molecule has 0 aromatic carbocycles. The van der Waals surface area contributed by atoms with Crippen LogP contribution in [0.5, 0.6) is 0 Å². The molecule has 1 saturated carbocycles. The fourth-order valence-electron chi connectivity index (χ4n) is 1.90. The standard InChI is InChI=1S/C9H18ClNO2S/c1-8(10)7-11(2)14(12,13)9-5-3-4-6-9/h8-9H,3-7H2,1-2H3. The van der Waals surface area contributed by atoms with Crippen LogP contribution in [0.25, 0.3) is 0 Å². The van der Waals surface area contributed by atoms with Crippen molar-refractivity contribution in [3.63, 3.8) is 0 Å². The molecular formula is C9H18ClNO2S. The highest BCUT2D eigenvalue weighted by molar-refractivity contribution is 7.89. The van der Waals surface area contributed by atoms with E-state index in [4.69, 9.17) is 11.6 Å². The maximum Gasteiger partial charge on any atom is 0.216 e. The van der Waals surface area contributed by atoms with Gasteiger partial charge in [0.2, 0.25) is 10.0 Å². The van der Waals surface area contributed by atoms with Gasteiger partial charge in [-0.25, -0.2) is 12.7 Å². The van der Waals surface area contributed by atoms with Gasteiger partial charge in [-0.3, -0.25) is 0 Å². The Hall–Kier alpha value is 0.200. The van der Waals surface area contributed by atoms with Crippen LogP contribution in [0.4, 0.5) is 0 Å². The van der Waals surface area contributed by atoms with Crippen LogP contribution in [0.3, 0.4) is 0 Å². The molecule has 1 aliphatic carbocycles. The third-order valence-corrected chi connectivity index (χ3v) is 5.14. The van der Waals surface area contributed by atoms with Gasteiger partial charge in [-0.2, -0.15) is 0 Å². The van der Waals surface area contributed by atoms with Gasteiger partial charge in [0.25, 0.3) is 0 Å². The molecule has 0 heterocycles. The first-order valence-electron chi connectivity index (χ1n) is 5.04. The van der Waals surface area contributed by atoms with Crippen molar-refractivity contribution in [2.45, 2.75) is 43.2 Å². The Morgan fingerprint density at radius 3 is 2.36 bits per heavy atom. The Labute approximate surface area is 91.5 Å². The molecule has 1 fully saturated rings. The van der Waals surface area contributed by atoms with E-state index in [0.717, 1.165) is 25.7 Å². The van der Waals surface area contributed by atoms with Crippen molar-refractivity contribution in [3.8, 4) is 0 Å². The van der Waals surface area contributed by atoms with Crippen LogP contribution >= 0.6 is 11.6 Å². The second-order valence-corrected chi connectivity index (χ2v) is 7.08. The van der Waals surface area contributed by atoms with Crippen molar-refractivity contribution in [1.82, 2.24) is 4.31 Å². The van der Waals surface area contributed by atoms with E-state index in [1.54, 1.807) is 7.05 Å². The van der Waals surface area contributed by atoms with Crippen molar-refractivity contribution in [1.29, 1.82) is 0 Å². The van der Waals surface area contributed by atoms with Crippen LogP contribution in [0.1, 0.15) is 32.6 Å². The quantitative estimate of drug-likeness (QED) is 0.702. The second-order valence-electron chi connectivity index (χ2n) is 4.01. The van der Waals surface area contributed by atoms with Crippen LogP contribution in [-0.4, -0.2) is 36.9 Å². The van der Waals surface area contributed by atoms with Crippen molar-refractivity contribution in [2.24, 2.45) is 0 Å². The lowest BCUT2D eigenvalue weighted by Gasteiger charge is -2.22. The lowest BCUT2D eigenvalue weighted by molar-refractivity contribution is 0.459. The van der Waals surface area contributed by atoms with E-state index in [1.807, 2.05) is 6.92 Å².